The molecule has 0 saturated carbocycles. The van der Waals surface area contributed by atoms with Gasteiger partial charge in [0.05, 0.1) is 16.2 Å². The molecule has 1 aliphatic rings. The van der Waals surface area contributed by atoms with Gasteiger partial charge < -0.3 is 5.11 Å². The van der Waals surface area contributed by atoms with E-state index in [9.17, 15) is 17.6 Å². The van der Waals surface area contributed by atoms with Crippen molar-refractivity contribution >= 4 is 21.9 Å². The summed E-state index contributed by atoms with van der Waals surface area (Å²) < 4.78 is 37.3. The van der Waals surface area contributed by atoms with Crippen molar-refractivity contribution in [2.45, 2.75) is 18.2 Å². The first-order valence-corrected chi connectivity index (χ1v) is 6.78. The van der Waals surface area contributed by atoms with Gasteiger partial charge in [0.2, 0.25) is 9.84 Å². The smallest absolute Gasteiger partial charge is 0.303 e. The number of allylic oxidation sites excluding steroid dienone is 1. The molecular weight excluding hydrogens is 259 g/mol. The average Bonchev–Trinajstić information content (AvgIpc) is 2.50. The zero-order valence-electron chi connectivity index (χ0n) is 9.55. The van der Waals surface area contributed by atoms with Gasteiger partial charge >= 0.3 is 5.97 Å². The van der Waals surface area contributed by atoms with Crippen LogP contribution in [0.25, 0.3) is 6.08 Å². The van der Waals surface area contributed by atoms with Gasteiger partial charge in [-0.3, -0.25) is 4.79 Å². The van der Waals surface area contributed by atoms with Gasteiger partial charge in [-0.25, -0.2) is 12.8 Å². The first-order chi connectivity index (χ1) is 8.32. The molecule has 1 unspecified atom stereocenters. The summed E-state index contributed by atoms with van der Waals surface area (Å²) in [4.78, 5) is 10.6. The van der Waals surface area contributed by atoms with E-state index in [0.717, 1.165) is 6.07 Å². The SMILES string of the molecule is CC(CC(=O)O)C1=Cc2ccc(F)cc2S1(=O)=O. The molecule has 6 heteroatoms. The standard InChI is InChI=1S/C12H11FO4S/c1-7(4-12(14)15)10-5-8-2-3-9(13)6-11(8)18(10,16)17/h2-3,5-7H,4H2,1H3,(H,14,15). The number of sulfone groups is 1. The van der Waals surface area contributed by atoms with Crippen LogP contribution in [0.4, 0.5) is 4.39 Å². The third-order valence-corrected chi connectivity index (χ3v) is 4.91. The second kappa shape index (κ2) is 4.20. The van der Waals surface area contributed by atoms with Crippen LogP contribution < -0.4 is 0 Å². The first-order valence-electron chi connectivity index (χ1n) is 5.30. The fourth-order valence-corrected chi connectivity index (χ4v) is 3.84. The van der Waals surface area contributed by atoms with Crippen LogP contribution >= 0.6 is 0 Å². The van der Waals surface area contributed by atoms with Gasteiger partial charge in [0.1, 0.15) is 5.82 Å². The maximum absolute atomic E-state index is 13.1. The van der Waals surface area contributed by atoms with Gasteiger partial charge in [-0.1, -0.05) is 13.0 Å². The Balaban J connectivity index is 2.47. The van der Waals surface area contributed by atoms with Crippen molar-refractivity contribution in [3.63, 3.8) is 0 Å². The number of carbonyl (C=O) groups is 1. The van der Waals surface area contributed by atoms with Crippen LogP contribution in [0.3, 0.4) is 0 Å². The first kappa shape index (κ1) is 12.8. The highest BCUT2D eigenvalue weighted by molar-refractivity contribution is 7.95. The third kappa shape index (κ3) is 2.03. The largest absolute Gasteiger partial charge is 0.481 e. The number of aliphatic carboxylic acids is 1. The zero-order valence-corrected chi connectivity index (χ0v) is 10.4. The van der Waals surface area contributed by atoms with Gasteiger partial charge in [-0.2, -0.15) is 0 Å². The monoisotopic (exact) mass is 270 g/mol. The van der Waals surface area contributed by atoms with Crippen LogP contribution in [0.5, 0.6) is 0 Å². The van der Waals surface area contributed by atoms with Crippen molar-refractivity contribution in [2.75, 3.05) is 0 Å². The van der Waals surface area contributed by atoms with Crippen molar-refractivity contribution in [1.29, 1.82) is 0 Å². The second-order valence-corrected chi connectivity index (χ2v) is 6.15. The highest BCUT2D eigenvalue weighted by Gasteiger charge is 2.33. The Morgan fingerprint density at radius 1 is 1.44 bits per heavy atom. The van der Waals surface area contributed by atoms with Crippen LogP contribution in [-0.2, 0) is 14.6 Å². The number of halogens is 1. The molecule has 1 aliphatic heterocycles. The number of carboxylic acid groups (broad SMARTS) is 1. The molecule has 1 aromatic carbocycles. The van der Waals surface area contributed by atoms with Crippen molar-refractivity contribution in [2.24, 2.45) is 5.92 Å². The van der Waals surface area contributed by atoms with Crippen molar-refractivity contribution in [3.05, 3.63) is 34.5 Å². The van der Waals surface area contributed by atoms with Crippen molar-refractivity contribution < 1.29 is 22.7 Å². The number of benzene rings is 1. The van der Waals surface area contributed by atoms with Crippen LogP contribution in [-0.4, -0.2) is 19.5 Å². The molecule has 0 fully saturated rings. The van der Waals surface area contributed by atoms with Gasteiger partial charge in [0.15, 0.2) is 0 Å². The highest BCUT2D eigenvalue weighted by Crippen LogP contribution is 2.37. The molecule has 0 bridgehead atoms. The fourth-order valence-electron chi connectivity index (χ4n) is 1.99. The molecule has 0 spiro atoms. The molecule has 1 atom stereocenters. The summed E-state index contributed by atoms with van der Waals surface area (Å²) in [6.45, 7) is 1.53. The zero-order chi connectivity index (χ0) is 13.5. The molecule has 0 amide bonds. The lowest BCUT2D eigenvalue weighted by atomic mass is 10.1. The average molecular weight is 270 g/mol. The molecule has 18 heavy (non-hydrogen) atoms. The summed E-state index contributed by atoms with van der Waals surface area (Å²) >= 11 is 0. The summed E-state index contributed by atoms with van der Waals surface area (Å²) in [7, 11) is -3.76. The van der Waals surface area contributed by atoms with E-state index < -0.39 is 27.5 Å². The Labute approximate surface area is 104 Å². The van der Waals surface area contributed by atoms with E-state index in [-0.39, 0.29) is 16.2 Å². The van der Waals surface area contributed by atoms with Crippen LogP contribution in [0.15, 0.2) is 28.0 Å². The Morgan fingerprint density at radius 2 is 2.11 bits per heavy atom. The molecular formula is C12H11FO4S. The number of hydrogen-bond acceptors (Lipinski definition) is 3. The summed E-state index contributed by atoms with van der Waals surface area (Å²) in [5.74, 6) is -2.33. The van der Waals surface area contributed by atoms with Gasteiger partial charge in [0, 0.05) is 5.92 Å². The molecule has 1 N–H and O–H groups in total. The van der Waals surface area contributed by atoms with Crippen molar-refractivity contribution in [3.8, 4) is 0 Å². The predicted octanol–water partition coefficient (Wildman–Crippen LogP) is 2.06. The molecule has 96 valence electrons. The Morgan fingerprint density at radius 3 is 2.72 bits per heavy atom. The fraction of sp³-hybridized carbons (Fsp3) is 0.250. The molecule has 1 aromatic rings. The van der Waals surface area contributed by atoms with Gasteiger partial charge in [-0.15, -0.1) is 0 Å². The number of rotatable bonds is 3. The Kier molecular flexibility index (Phi) is 2.98. The Bertz CT molecular complexity index is 646. The third-order valence-electron chi connectivity index (χ3n) is 2.84. The summed E-state index contributed by atoms with van der Waals surface area (Å²) in [5, 5.41) is 8.69. The molecule has 1 heterocycles. The van der Waals surface area contributed by atoms with Crippen LogP contribution in [0, 0.1) is 11.7 Å². The Hall–Kier alpha value is -1.69. The van der Waals surface area contributed by atoms with Crippen LogP contribution in [0.2, 0.25) is 0 Å². The van der Waals surface area contributed by atoms with E-state index in [1.807, 2.05) is 0 Å². The van der Waals surface area contributed by atoms with E-state index in [4.69, 9.17) is 5.11 Å². The maximum Gasteiger partial charge on any atom is 0.303 e. The van der Waals surface area contributed by atoms with E-state index in [0.29, 0.717) is 5.56 Å². The molecule has 2 rings (SSSR count). The summed E-state index contributed by atoms with van der Waals surface area (Å²) in [6, 6.07) is 3.51. The van der Waals surface area contributed by atoms with Crippen LogP contribution in [0.1, 0.15) is 18.9 Å². The van der Waals surface area contributed by atoms with E-state index in [1.54, 1.807) is 0 Å². The molecule has 0 aliphatic carbocycles. The van der Waals surface area contributed by atoms with Gasteiger partial charge in [0.25, 0.3) is 0 Å². The number of carboxylic acids is 1. The summed E-state index contributed by atoms with van der Waals surface area (Å²) in [5.41, 5.74) is 0.406. The minimum atomic E-state index is -3.76. The molecule has 0 saturated heterocycles. The predicted molar refractivity (Wildman–Crippen MR) is 63.0 cm³/mol. The van der Waals surface area contributed by atoms with Crippen molar-refractivity contribution in [1.82, 2.24) is 0 Å². The highest BCUT2D eigenvalue weighted by atomic mass is 32.2. The normalized spacial score (nSPS) is 18.0. The quantitative estimate of drug-likeness (QED) is 0.912. The van der Waals surface area contributed by atoms with Gasteiger partial charge in [-0.05, 0) is 23.8 Å². The number of hydrogen-bond donors (Lipinski definition) is 1. The molecule has 0 radical (unpaired) electrons. The lowest BCUT2D eigenvalue weighted by Crippen LogP contribution is -2.12. The molecule has 0 aromatic heterocycles. The topological polar surface area (TPSA) is 71.4 Å². The minimum absolute atomic E-state index is 0.0329. The van der Waals surface area contributed by atoms with E-state index in [1.165, 1.54) is 25.1 Å². The maximum atomic E-state index is 13.1. The van der Waals surface area contributed by atoms with E-state index >= 15 is 0 Å². The lowest BCUT2D eigenvalue weighted by Gasteiger charge is -2.10. The summed E-state index contributed by atoms with van der Waals surface area (Å²) in [6.07, 6.45) is 1.14. The second-order valence-electron chi connectivity index (χ2n) is 4.23. The molecule has 4 nitrogen and oxygen atoms in total. The van der Waals surface area contributed by atoms with E-state index in [2.05, 4.69) is 0 Å². The minimum Gasteiger partial charge on any atom is -0.481 e. The lowest BCUT2D eigenvalue weighted by molar-refractivity contribution is -0.137. The number of fused-ring (bicyclic) bond motifs is 1.